The molecule has 0 spiro atoms. The van der Waals surface area contributed by atoms with Crippen LogP contribution in [0.4, 0.5) is 0 Å². The van der Waals surface area contributed by atoms with E-state index in [9.17, 15) is 9.59 Å². The van der Waals surface area contributed by atoms with Crippen molar-refractivity contribution in [3.63, 3.8) is 0 Å². The molecule has 0 aliphatic carbocycles. The molecule has 0 amide bonds. The van der Waals surface area contributed by atoms with Crippen LogP contribution in [-0.2, 0) is 11.3 Å². The number of nitrogens with one attached hydrogen (secondary N) is 1. The molecular weight excluding hydrogens is 290 g/mol. The van der Waals surface area contributed by atoms with Gasteiger partial charge in [0.05, 0.1) is 12.2 Å². The van der Waals surface area contributed by atoms with Gasteiger partial charge >= 0.3 is 5.69 Å². The molecule has 102 valence electrons. The van der Waals surface area contributed by atoms with E-state index in [2.05, 4.69) is 9.97 Å². The second-order valence-electron chi connectivity index (χ2n) is 3.92. The average Bonchev–Trinajstić information content (AvgIpc) is 2.83. The van der Waals surface area contributed by atoms with E-state index in [1.165, 1.54) is 22.1 Å². The van der Waals surface area contributed by atoms with Crippen LogP contribution < -0.4 is 11.2 Å². The summed E-state index contributed by atoms with van der Waals surface area (Å²) in [5, 5.41) is 2.65. The second-order valence-corrected chi connectivity index (χ2v) is 5.22. The van der Waals surface area contributed by atoms with Crippen molar-refractivity contribution in [3.8, 4) is 0 Å². The SMILES string of the molecule is CO[C@@H](C)c1nc(Cn2cc(Cl)c(=O)[nH]c2=O)cs1. The van der Waals surface area contributed by atoms with Gasteiger partial charge in [0.25, 0.3) is 5.56 Å². The largest absolute Gasteiger partial charge is 0.375 e. The molecule has 1 N–H and O–H groups in total. The van der Waals surface area contributed by atoms with Gasteiger partial charge in [-0.25, -0.2) is 9.78 Å². The average molecular weight is 302 g/mol. The van der Waals surface area contributed by atoms with Crippen LogP contribution in [-0.4, -0.2) is 21.6 Å². The Kier molecular flexibility index (Phi) is 4.18. The summed E-state index contributed by atoms with van der Waals surface area (Å²) in [5.74, 6) is 0. The van der Waals surface area contributed by atoms with E-state index in [0.717, 1.165) is 5.01 Å². The number of methoxy groups -OCH3 is 1. The van der Waals surface area contributed by atoms with Crippen LogP contribution >= 0.6 is 22.9 Å². The van der Waals surface area contributed by atoms with Crippen molar-refractivity contribution in [1.29, 1.82) is 0 Å². The molecule has 0 unspecified atom stereocenters. The summed E-state index contributed by atoms with van der Waals surface area (Å²) < 4.78 is 6.47. The molecule has 19 heavy (non-hydrogen) atoms. The number of ether oxygens (including phenoxy) is 1. The fourth-order valence-electron chi connectivity index (χ4n) is 1.46. The number of hydrogen-bond acceptors (Lipinski definition) is 5. The van der Waals surface area contributed by atoms with E-state index < -0.39 is 11.2 Å². The summed E-state index contributed by atoms with van der Waals surface area (Å²) in [6.45, 7) is 2.15. The smallest absolute Gasteiger partial charge is 0.328 e. The summed E-state index contributed by atoms with van der Waals surface area (Å²) in [4.78, 5) is 29.2. The number of aromatic amines is 1. The maximum Gasteiger partial charge on any atom is 0.328 e. The maximum absolute atomic E-state index is 11.6. The Labute approximate surface area is 117 Å². The molecule has 2 heterocycles. The summed E-state index contributed by atoms with van der Waals surface area (Å²) in [7, 11) is 1.61. The zero-order valence-electron chi connectivity index (χ0n) is 10.3. The van der Waals surface area contributed by atoms with Crippen LogP contribution in [0.15, 0.2) is 21.2 Å². The van der Waals surface area contributed by atoms with Gasteiger partial charge in [0.1, 0.15) is 16.1 Å². The lowest BCUT2D eigenvalue weighted by Gasteiger charge is -2.04. The fraction of sp³-hybridized carbons (Fsp3) is 0.364. The third-order valence-corrected chi connectivity index (χ3v) is 3.89. The zero-order valence-corrected chi connectivity index (χ0v) is 11.9. The minimum atomic E-state index is -0.588. The van der Waals surface area contributed by atoms with E-state index in [1.807, 2.05) is 12.3 Å². The first-order valence-electron chi connectivity index (χ1n) is 5.47. The van der Waals surface area contributed by atoms with Crippen molar-refractivity contribution in [1.82, 2.24) is 14.5 Å². The van der Waals surface area contributed by atoms with Crippen molar-refractivity contribution >= 4 is 22.9 Å². The maximum atomic E-state index is 11.6. The summed E-state index contributed by atoms with van der Waals surface area (Å²) in [5.41, 5.74) is -0.382. The molecule has 2 aromatic rings. The minimum absolute atomic E-state index is 0.0275. The molecule has 0 aromatic carbocycles. The quantitative estimate of drug-likeness (QED) is 0.926. The lowest BCUT2D eigenvalue weighted by molar-refractivity contribution is 0.119. The first kappa shape index (κ1) is 14.0. The van der Waals surface area contributed by atoms with Crippen LogP contribution in [0.5, 0.6) is 0 Å². The van der Waals surface area contributed by atoms with Crippen molar-refractivity contribution < 1.29 is 4.74 Å². The third kappa shape index (κ3) is 3.12. The highest BCUT2D eigenvalue weighted by molar-refractivity contribution is 7.09. The van der Waals surface area contributed by atoms with Gasteiger partial charge in [-0.15, -0.1) is 11.3 Å². The van der Waals surface area contributed by atoms with E-state index in [0.29, 0.717) is 5.69 Å². The standard InChI is InChI=1S/C11H12ClN3O3S/c1-6(18-2)10-13-7(5-19-10)3-15-4-8(12)9(16)14-11(15)17/h4-6H,3H2,1-2H3,(H,14,16,17)/t6-/m0/s1. The lowest BCUT2D eigenvalue weighted by Crippen LogP contribution is -2.30. The number of aromatic nitrogens is 3. The summed E-state index contributed by atoms with van der Waals surface area (Å²) in [6, 6.07) is 0. The molecule has 6 nitrogen and oxygen atoms in total. The number of hydrogen-bond donors (Lipinski definition) is 1. The number of nitrogens with zero attached hydrogens (tertiary/aromatic N) is 2. The normalized spacial score (nSPS) is 12.6. The Morgan fingerprint density at radius 1 is 1.58 bits per heavy atom. The molecule has 8 heteroatoms. The van der Waals surface area contributed by atoms with Gasteiger partial charge in [-0.1, -0.05) is 11.6 Å². The van der Waals surface area contributed by atoms with Crippen molar-refractivity contribution in [2.24, 2.45) is 0 Å². The van der Waals surface area contributed by atoms with Gasteiger partial charge in [0, 0.05) is 18.7 Å². The van der Waals surface area contributed by atoms with Crippen molar-refractivity contribution in [2.75, 3.05) is 7.11 Å². The molecule has 0 aliphatic heterocycles. The van der Waals surface area contributed by atoms with Crippen molar-refractivity contribution in [3.05, 3.63) is 48.1 Å². The number of thiazole rings is 1. The monoisotopic (exact) mass is 301 g/mol. The Bertz CT molecular complexity index is 691. The first-order chi connectivity index (χ1) is 9.01. The first-order valence-corrected chi connectivity index (χ1v) is 6.73. The Balaban J connectivity index is 2.27. The van der Waals surface area contributed by atoms with Crippen LogP contribution in [0.3, 0.4) is 0 Å². The van der Waals surface area contributed by atoms with Gasteiger partial charge in [-0.05, 0) is 6.92 Å². The molecule has 0 saturated heterocycles. The highest BCUT2D eigenvalue weighted by Gasteiger charge is 2.10. The van der Waals surface area contributed by atoms with Crippen molar-refractivity contribution in [2.45, 2.75) is 19.6 Å². The molecule has 2 rings (SSSR count). The van der Waals surface area contributed by atoms with Crippen LogP contribution in [0, 0.1) is 0 Å². The van der Waals surface area contributed by atoms with Crippen LogP contribution in [0.25, 0.3) is 0 Å². The topological polar surface area (TPSA) is 77.0 Å². The lowest BCUT2D eigenvalue weighted by atomic mass is 10.4. The molecule has 0 radical (unpaired) electrons. The Hall–Kier alpha value is -1.44. The van der Waals surface area contributed by atoms with E-state index in [4.69, 9.17) is 16.3 Å². The van der Waals surface area contributed by atoms with Gasteiger partial charge in [-0.2, -0.15) is 0 Å². The second kappa shape index (κ2) is 5.68. The van der Waals surface area contributed by atoms with Gasteiger partial charge < -0.3 is 4.74 Å². The third-order valence-electron chi connectivity index (χ3n) is 2.57. The molecule has 0 aliphatic rings. The fourth-order valence-corrected chi connectivity index (χ4v) is 2.46. The highest BCUT2D eigenvalue weighted by Crippen LogP contribution is 2.20. The number of H-pyrrole nitrogens is 1. The Morgan fingerprint density at radius 3 is 3.00 bits per heavy atom. The molecule has 1 atom stereocenters. The van der Waals surface area contributed by atoms with E-state index >= 15 is 0 Å². The molecular formula is C11H12ClN3O3S. The molecule has 2 aromatic heterocycles. The molecule has 0 fully saturated rings. The van der Waals surface area contributed by atoms with E-state index in [-0.39, 0.29) is 17.7 Å². The predicted octanol–water partition coefficient (Wildman–Crippen LogP) is 1.40. The summed E-state index contributed by atoms with van der Waals surface area (Å²) in [6.07, 6.45) is 1.22. The number of halogens is 1. The van der Waals surface area contributed by atoms with Gasteiger partial charge in [0.15, 0.2) is 0 Å². The molecule has 0 bridgehead atoms. The minimum Gasteiger partial charge on any atom is -0.375 e. The van der Waals surface area contributed by atoms with Gasteiger partial charge in [0.2, 0.25) is 0 Å². The zero-order chi connectivity index (χ0) is 14.0. The summed E-state index contributed by atoms with van der Waals surface area (Å²) >= 11 is 7.15. The highest BCUT2D eigenvalue weighted by atomic mass is 35.5. The van der Waals surface area contributed by atoms with Crippen LogP contribution in [0.2, 0.25) is 5.02 Å². The van der Waals surface area contributed by atoms with Gasteiger partial charge in [-0.3, -0.25) is 14.3 Å². The predicted molar refractivity (Wildman–Crippen MR) is 73.0 cm³/mol. The van der Waals surface area contributed by atoms with E-state index in [1.54, 1.807) is 7.11 Å². The van der Waals surface area contributed by atoms with Crippen LogP contribution in [0.1, 0.15) is 23.7 Å². The number of rotatable bonds is 4. The Morgan fingerprint density at radius 2 is 2.32 bits per heavy atom. The molecule has 0 saturated carbocycles.